The molecule has 0 spiro atoms. The van der Waals surface area contributed by atoms with Crippen LogP contribution >= 0.6 is 0 Å². The summed E-state index contributed by atoms with van der Waals surface area (Å²) in [6.45, 7) is 5.54. The average molecular weight is 184 g/mol. The molecule has 0 saturated heterocycles. The number of carbonyl (C=O) groups is 1. The van der Waals surface area contributed by atoms with E-state index in [0.29, 0.717) is 12.2 Å². The molecule has 0 unspecified atom stereocenters. The second-order valence-electron chi connectivity index (χ2n) is 3.87. The lowest BCUT2D eigenvalue weighted by Crippen LogP contribution is -2.38. The number of hydrogen-bond donors (Lipinski definition) is 1. The third kappa shape index (κ3) is 2.31. The van der Waals surface area contributed by atoms with Crippen molar-refractivity contribution in [1.29, 1.82) is 0 Å². The molecule has 0 bridgehead atoms. The Kier molecular flexibility index (Phi) is 3.09. The molecule has 1 fully saturated rings. The van der Waals surface area contributed by atoms with Crippen molar-refractivity contribution in [2.24, 2.45) is 5.41 Å². The van der Waals surface area contributed by atoms with Crippen LogP contribution in [0.15, 0.2) is 12.2 Å². The van der Waals surface area contributed by atoms with Gasteiger partial charge in [0.25, 0.3) is 0 Å². The Morgan fingerprint density at radius 1 is 1.62 bits per heavy atom. The van der Waals surface area contributed by atoms with Crippen molar-refractivity contribution >= 4 is 5.97 Å². The number of aliphatic hydroxyl groups is 1. The maximum absolute atomic E-state index is 11.0. The van der Waals surface area contributed by atoms with Crippen LogP contribution in [0.25, 0.3) is 0 Å². The van der Waals surface area contributed by atoms with Crippen LogP contribution in [-0.4, -0.2) is 24.3 Å². The van der Waals surface area contributed by atoms with Gasteiger partial charge in [-0.15, -0.1) is 0 Å². The molecule has 3 nitrogen and oxygen atoms in total. The van der Waals surface area contributed by atoms with Gasteiger partial charge in [0.15, 0.2) is 0 Å². The summed E-state index contributed by atoms with van der Waals surface area (Å²) in [4.78, 5) is 11.0. The third-order valence-corrected chi connectivity index (χ3v) is 2.61. The first-order valence-electron chi connectivity index (χ1n) is 4.53. The number of ether oxygens (including phenoxy) is 1. The lowest BCUT2D eigenvalue weighted by molar-refractivity contribution is -0.146. The summed E-state index contributed by atoms with van der Waals surface area (Å²) in [5, 5.41) is 9.07. The smallest absolute Gasteiger partial charge is 0.333 e. The lowest BCUT2D eigenvalue weighted by Gasteiger charge is -2.39. The fraction of sp³-hybridized carbons (Fsp3) is 0.700. The SMILES string of the molecule is C=C(C)C(=O)OCC1(CO)CCC1. The first-order chi connectivity index (χ1) is 6.09. The van der Waals surface area contributed by atoms with Gasteiger partial charge in [-0.25, -0.2) is 4.79 Å². The number of esters is 1. The zero-order valence-corrected chi connectivity index (χ0v) is 8.01. The van der Waals surface area contributed by atoms with Gasteiger partial charge in [0.1, 0.15) is 0 Å². The fourth-order valence-electron chi connectivity index (χ4n) is 1.37. The molecule has 1 aliphatic rings. The van der Waals surface area contributed by atoms with E-state index >= 15 is 0 Å². The molecule has 1 aliphatic carbocycles. The van der Waals surface area contributed by atoms with Crippen LogP contribution in [0.2, 0.25) is 0 Å². The normalized spacial score (nSPS) is 18.9. The summed E-state index contributed by atoms with van der Waals surface area (Å²) in [5.74, 6) is -0.361. The van der Waals surface area contributed by atoms with Crippen molar-refractivity contribution < 1.29 is 14.6 Å². The van der Waals surface area contributed by atoms with Gasteiger partial charge in [0.2, 0.25) is 0 Å². The molecule has 0 heterocycles. The molecule has 0 aromatic carbocycles. The molecule has 1 N–H and O–H groups in total. The maximum atomic E-state index is 11.0. The van der Waals surface area contributed by atoms with Crippen molar-refractivity contribution in [2.75, 3.05) is 13.2 Å². The van der Waals surface area contributed by atoms with Crippen molar-refractivity contribution in [3.8, 4) is 0 Å². The Morgan fingerprint density at radius 2 is 2.23 bits per heavy atom. The first-order valence-corrected chi connectivity index (χ1v) is 4.53. The van der Waals surface area contributed by atoms with E-state index in [1.54, 1.807) is 6.92 Å². The molecular weight excluding hydrogens is 168 g/mol. The molecular formula is C10H16O3. The second kappa shape index (κ2) is 3.92. The van der Waals surface area contributed by atoms with Gasteiger partial charge >= 0.3 is 5.97 Å². The number of rotatable bonds is 4. The van der Waals surface area contributed by atoms with E-state index in [9.17, 15) is 4.79 Å². The maximum Gasteiger partial charge on any atom is 0.333 e. The van der Waals surface area contributed by atoms with Crippen LogP contribution in [0.1, 0.15) is 26.2 Å². The van der Waals surface area contributed by atoms with E-state index in [0.717, 1.165) is 19.3 Å². The predicted octanol–water partition coefficient (Wildman–Crippen LogP) is 1.27. The van der Waals surface area contributed by atoms with Crippen molar-refractivity contribution in [1.82, 2.24) is 0 Å². The van der Waals surface area contributed by atoms with E-state index in [2.05, 4.69) is 6.58 Å². The summed E-state index contributed by atoms with van der Waals surface area (Å²) in [6.07, 6.45) is 3.02. The Morgan fingerprint density at radius 3 is 2.54 bits per heavy atom. The van der Waals surface area contributed by atoms with Crippen LogP contribution in [0.4, 0.5) is 0 Å². The Bertz CT molecular complexity index is 211. The zero-order valence-electron chi connectivity index (χ0n) is 8.01. The molecule has 0 aromatic heterocycles. The van der Waals surface area contributed by atoms with Gasteiger partial charge in [-0.3, -0.25) is 0 Å². The van der Waals surface area contributed by atoms with Gasteiger partial charge in [-0.1, -0.05) is 13.0 Å². The molecule has 3 heteroatoms. The molecule has 13 heavy (non-hydrogen) atoms. The van der Waals surface area contributed by atoms with Crippen molar-refractivity contribution in [2.45, 2.75) is 26.2 Å². The number of hydrogen-bond acceptors (Lipinski definition) is 3. The topological polar surface area (TPSA) is 46.5 Å². The van der Waals surface area contributed by atoms with Crippen LogP contribution in [0, 0.1) is 5.41 Å². The highest BCUT2D eigenvalue weighted by Gasteiger charge is 2.37. The minimum Gasteiger partial charge on any atom is -0.462 e. The molecule has 0 atom stereocenters. The summed E-state index contributed by atoms with van der Waals surface area (Å²) in [5.41, 5.74) is 0.262. The van der Waals surface area contributed by atoms with E-state index in [1.165, 1.54) is 0 Å². The predicted molar refractivity (Wildman–Crippen MR) is 49.1 cm³/mol. The molecule has 74 valence electrons. The lowest BCUT2D eigenvalue weighted by atomic mass is 9.70. The molecule has 0 radical (unpaired) electrons. The quantitative estimate of drug-likeness (QED) is 0.528. The average Bonchev–Trinajstić information content (AvgIpc) is 2.02. The minimum absolute atomic E-state index is 0.108. The fourth-order valence-corrected chi connectivity index (χ4v) is 1.37. The molecule has 1 saturated carbocycles. The number of aliphatic hydroxyl groups excluding tert-OH is 1. The van der Waals surface area contributed by atoms with E-state index in [1.807, 2.05) is 0 Å². The minimum atomic E-state index is -0.361. The Labute approximate surface area is 78.4 Å². The Balaban J connectivity index is 2.32. The van der Waals surface area contributed by atoms with E-state index in [-0.39, 0.29) is 18.0 Å². The summed E-state index contributed by atoms with van der Waals surface area (Å²) < 4.78 is 5.00. The number of carbonyl (C=O) groups excluding carboxylic acids is 1. The molecule has 1 rings (SSSR count). The van der Waals surface area contributed by atoms with Crippen LogP contribution in [0.3, 0.4) is 0 Å². The molecule has 0 aromatic rings. The standard InChI is InChI=1S/C10H16O3/c1-8(2)9(12)13-7-10(6-11)4-3-5-10/h11H,1,3-7H2,2H3. The monoisotopic (exact) mass is 184 g/mol. The summed E-state index contributed by atoms with van der Waals surface area (Å²) >= 11 is 0. The van der Waals surface area contributed by atoms with Crippen molar-refractivity contribution in [3.05, 3.63) is 12.2 Å². The largest absolute Gasteiger partial charge is 0.462 e. The highest BCUT2D eigenvalue weighted by Crippen LogP contribution is 2.40. The first kappa shape index (κ1) is 10.3. The molecule has 0 aliphatic heterocycles. The zero-order chi connectivity index (χ0) is 9.90. The summed E-state index contributed by atoms with van der Waals surface area (Å²) in [7, 11) is 0. The van der Waals surface area contributed by atoms with Crippen LogP contribution in [0.5, 0.6) is 0 Å². The third-order valence-electron chi connectivity index (χ3n) is 2.61. The van der Waals surface area contributed by atoms with Gasteiger partial charge in [0, 0.05) is 11.0 Å². The van der Waals surface area contributed by atoms with E-state index < -0.39 is 0 Å². The highest BCUT2D eigenvalue weighted by molar-refractivity contribution is 5.86. The Hall–Kier alpha value is -0.830. The van der Waals surface area contributed by atoms with Crippen LogP contribution < -0.4 is 0 Å². The molecule has 0 amide bonds. The summed E-state index contributed by atoms with van der Waals surface area (Å²) in [6, 6.07) is 0. The van der Waals surface area contributed by atoms with Gasteiger partial charge in [0.05, 0.1) is 13.2 Å². The van der Waals surface area contributed by atoms with Gasteiger partial charge in [-0.2, -0.15) is 0 Å². The van der Waals surface area contributed by atoms with Gasteiger partial charge < -0.3 is 9.84 Å². The van der Waals surface area contributed by atoms with Crippen LogP contribution in [-0.2, 0) is 9.53 Å². The highest BCUT2D eigenvalue weighted by atomic mass is 16.5. The van der Waals surface area contributed by atoms with Crippen molar-refractivity contribution in [3.63, 3.8) is 0 Å². The van der Waals surface area contributed by atoms with E-state index in [4.69, 9.17) is 9.84 Å². The van der Waals surface area contributed by atoms with Gasteiger partial charge in [-0.05, 0) is 19.8 Å². The second-order valence-corrected chi connectivity index (χ2v) is 3.87.